The Balaban J connectivity index is 1.47. The third-order valence-electron chi connectivity index (χ3n) is 12.4. The first-order valence-corrected chi connectivity index (χ1v) is 14.8. The number of fused-ring (bicyclic) bond motifs is 2. The minimum absolute atomic E-state index is 0.0774. The molecule has 5 saturated carbocycles. The van der Waals surface area contributed by atoms with Crippen LogP contribution in [0.1, 0.15) is 29.6 Å². The van der Waals surface area contributed by atoms with E-state index in [1.54, 1.807) is 56.6 Å². The molecule has 3 N–H and O–H groups in total. The number of esters is 1. The summed E-state index contributed by atoms with van der Waals surface area (Å²) in [4.78, 5) is 28.1. The van der Waals surface area contributed by atoms with Crippen LogP contribution >= 0.6 is 0 Å². The van der Waals surface area contributed by atoms with Crippen LogP contribution in [-0.2, 0) is 28.5 Å². The number of carbonyl (C=O) groups excluding carboxylic acids is 2. The average molecular weight is 588 g/mol. The van der Waals surface area contributed by atoms with Crippen LogP contribution in [-0.4, -0.2) is 122 Å². The van der Waals surface area contributed by atoms with Crippen molar-refractivity contribution in [1.82, 2.24) is 4.90 Å². The Morgan fingerprint density at radius 3 is 2.40 bits per heavy atom. The number of benzene rings is 1. The quantitative estimate of drug-likeness (QED) is 0.286. The van der Waals surface area contributed by atoms with Gasteiger partial charge in [-0.05, 0) is 37.3 Å². The summed E-state index contributed by atoms with van der Waals surface area (Å²) in [7, 11) is 6.28. The fourth-order valence-electron chi connectivity index (χ4n) is 11.6. The minimum Gasteiger partial charge on any atom is -0.455 e. The smallest absolute Gasteiger partial charge is 0.338 e. The van der Waals surface area contributed by atoms with Crippen molar-refractivity contribution in [2.45, 2.75) is 67.0 Å². The maximum Gasteiger partial charge on any atom is 0.338 e. The van der Waals surface area contributed by atoms with E-state index < -0.39 is 76.2 Å². The van der Waals surface area contributed by atoms with E-state index in [2.05, 4.69) is 0 Å². The Bertz CT molecular complexity index is 1250. The van der Waals surface area contributed by atoms with Crippen molar-refractivity contribution in [1.29, 1.82) is 0 Å². The Morgan fingerprint density at radius 2 is 1.79 bits per heavy atom. The van der Waals surface area contributed by atoms with E-state index in [0.29, 0.717) is 31.6 Å². The lowest BCUT2D eigenvalue weighted by Crippen LogP contribution is -2.80. The van der Waals surface area contributed by atoms with Gasteiger partial charge in [-0.1, -0.05) is 18.2 Å². The van der Waals surface area contributed by atoms with Gasteiger partial charge in [0.05, 0.1) is 24.4 Å². The van der Waals surface area contributed by atoms with Crippen LogP contribution in [0.4, 0.5) is 0 Å². The van der Waals surface area contributed by atoms with Crippen molar-refractivity contribution in [2.24, 2.45) is 34.5 Å². The SMILES string of the molecule is COCC12CCC(OC)C34C5CC6(O)C(OC)C(O)C(O)(C5C6OC(=O)c5ccccc5)C(C(OC)C13)C4N(C=O)C2. The van der Waals surface area contributed by atoms with Gasteiger partial charge in [0.25, 0.3) is 0 Å². The highest BCUT2D eigenvalue weighted by Gasteiger charge is 2.90. The average Bonchev–Trinajstić information content (AvgIpc) is 3.38. The second-order valence-corrected chi connectivity index (χ2v) is 13.5. The van der Waals surface area contributed by atoms with Gasteiger partial charge in [0.1, 0.15) is 29.5 Å². The third kappa shape index (κ3) is 3.05. The predicted molar refractivity (Wildman–Crippen MR) is 145 cm³/mol. The minimum atomic E-state index is -1.92. The second-order valence-electron chi connectivity index (χ2n) is 13.5. The van der Waals surface area contributed by atoms with Crippen molar-refractivity contribution < 1.29 is 48.6 Å². The van der Waals surface area contributed by atoms with E-state index in [4.69, 9.17) is 23.7 Å². The Labute approximate surface area is 245 Å². The molecule has 1 amide bonds. The number of ether oxygens (including phenoxy) is 5. The van der Waals surface area contributed by atoms with Crippen LogP contribution in [0.5, 0.6) is 0 Å². The number of likely N-dealkylation sites (tertiary alicyclic amines) is 1. The van der Waals surface area contributed by atoms with Gasteiger partial charge < -0.3 is 43.9 Å². The highest BCUT2D eigenvalue weighted by Crippen LogP contribution is 2.80. The number of aliphatic hydroxyl groups excluding tert-OH is 1. The Hall–Kier alpha value is -2.12. The molecule has 6 fully saturated rings. The zero-order valence-corrected chi connectivity index (χ0v) is 24.4. The molecule has 1 aromatic rings. The molecule has 6 aliphatic rings. The maximum atomic E-state index is 13.5. The number of methoxy groups -OCH3 is 4. The standard InChI is InChI=1S/C31H41NO10/c1-38-14-28-11-10-18(39-2)30-17-12-29(36)25(42-27(35)16-8-6-5-7-9-16)19(17)31(37,24(34)26(29)41-4)20(21(40-3)22(28)30)23(30)32(13-28)15-33/h5-9,15,17-26,34,36-37H,10-14H2,1-4H3. The highest BCUT2D eigenvalue weighted by atomic mass is 16.6. The van der Waals surface area contributed by atoms with Gasteiger partial charge in [0.2, 0.25) is 6.41 Å². The lowest BCUT2D eigenvalue weighted by atomic mass is 9.43. The molecule has 1 heterocycles. The van der Waals surface area contributed by atoms with E-state index >= 15 is 0 Å². The second kappa shape index (κ2) is 9.44. The molecule has 230 valence electrons. The summed E-state index contributed by atoms with van der Waals surface area (Å²) in [5.74, 6) is -3.01. The monoisotopic (exact) mass is 587 g/mol. The molecule has 7 bridgehead atoms. The summed E-state index contributed by atoms with van der Waals surface area (Å²) in [5, 5.41) is 37.5. The summed E-state index contributed by atoms with van der Waals surface area (Å²) in [6, 6.07) is 7.95. The van der Waals surface area contributed by atoms with Crippen LogP contribution in [0.25, 0.3) is 0 Å². The summed E-state index contributed by atoms with van der Waals surface area (Å²) in [6.45, 7) is 0.789. The lowest BCUT2D eigenvalue weighted by Gasteiger charge is -2.68. The number of aliphatic hydroxyl groups is 3. The molecule has 0 aromatic heterocycles. The van der Waals surface area contributed by atoms with E-state index in [-0.39, 0.29) is 18.4 Å². The van der Waals surface area contributed by atoms with E-state index in [1.807, 2.05) is 0 Å². The molecule has 1 aliphatic heterocycles. The normalized spacial score (nSPS) is 51.4. The van der Waals surface area contributed by atoms with Crippen LogP contribution in [0.2, 0.25) is 0 Å². The predicted octanol–water partition coefficient (Wildman–Crippen LogP) is 0.243. The molecule has 14 unspecified atom stereocenters. The van der Waals surface area contributed by atoms with Gasteiger partial charge in [-0.3, -0.25) is 4.79 Å². The van der Waals surface area contributed by atoms with Crippen LogP contribution < -0.4 is 0 Å². The van der Waals surface area contributed by atoms with E-state index in [1.165, 1.54) is 7.11 Å². The molecule has 1 aromatic carbocycles. The molecule has 42 heavy (non-hydrogen) atoms. The van der Waals surface area contributed by atoms with Gasteiger partial charge in [0.15, 0.2) is 0 Å². The van der Waals surface area contributed by atoms with Gasteiger partial charge in [-0.25, -0.2) is 4.79 Å². The zero-order valence-electron chi connectivity index (χ0n) is 24.4. The molecule has 7 rings (SSSR count). The summed E-state index contributed by atoms with van der Waals surface area (Å²) in [6.07, 6.45) is -2.60. The molecule has 5 aliphatic carbocycles. The van der Waals surface area contributed by atoms with Gasteiger partial charge in [0, 0.05) is 69.6 Å². The molecule has 11 nitrogen and oxygen atoms in total. The van der Waals surface area contributed by atoms with Crippen LogP contribution in [0.15, 0.2) is 30.3 Å². The zero-order chi connectivity index (χ0) is 29.8. The van der Waals surface area contributed by atoms with Crippen LogP contribution in [0.3, 0.4) is 0 Å². The topological polar surface area (TPSA) is 144 Å². The number of piperidine rings is 1. The van der Waals surface area contributed by atoms with Gasteiger partial charge >= 0.3 is 5.97 Å². The van der Waals surface area contributed by atoms with Crippen LogP contribution in [0, 0.1) is 34.5 Å². The number of hydrogen-bond donors (Lipinski definition) is 3. The highest BCUT2D eigenvalue weighted by molar-refractivity contribution is 5.89. The van der Waals surface area contributed by atoms with Crippen molar-refractivity contribution >= 4 is 12.4 Å². The molecular weight excluding hydrogens is 546 g/mol. The Morgan fingerprint density at radius 1 is 1.05 bits per heavy atom. The number of nitrogens with zero attached hydrogens (tertiary/aromatic N) is 1. The fourth-order valence-corrected chi connectivity index (χ4v) is 11.6. The largest absolute Gasteiger partial charge is 0.455 e. The molecule has 1 saturated heterocycles. The molecule has 1 spiro atoms. The first-order valence-electron chi connectivity index (χ1n) is 14.8. The number of carbonyl (C=O) groups is 2. The van der Waals surface area contributed by atoms with E-state index in [0.717, 1.165) is 6.41 Å². The summed E-state index contributed by atoms with van der Waals surface area (Å²) >= 11 is 0. The van der Waals surface area contributed by atoms with E-state index in [9.17, 15) is 24.9 Å². The molecule has 14 atom stereocenters. The third-order valence-corrected chi connectivity index (χ3v) is 12.4. The van der Waals surface area contributed by atoms with Crippen molar-refractivity contribution in [3.05, 3.63) is 35.9 Å². The first kappa shape index (κ1) is 28.6. The fraction of sp³-hybridized carbons (Fsp3) is 0.742. The number of amides is 1. The molecule has 11 heteroatoms. The Kier molecular flexibility index (Phi) is 6.44. The van der Waals surface area contributed by atoms with Crippen molar-refractivity contribution in [2.75, 3.05) is 41.6 Å². The first-order chi connectivity index (χ1) is 20.1. The van der Waals surface area contributed by atoms with Crippen molar-refractivity contribution in [3.8, 4) is 0 Å². The van der Waals surface area contributed by atoms with Gasteiger partial charge in [-0.2, -0.15) is 0 Å². The number of hydrogen-bond acceptors (Lipinski definition) is 10. The summed E-state index contributed by atoms with van der Waals surface area (Å²) in [5.41, 5.74) is -4.70. The van der Waals surface area contributed by atoms with Gasteiger partial charge in [-0.15, -0.1) is 0 Å². The van der Waals surface area contributed by atoms with Crippen molar-refractivity contribution in [3.63, 3.8) is 0 Å². The molecule has 0 radical (unpaired) electrons. The maximum absolute atomic E-state index is 13.5. The number of rotatable bonds is 8. The summed E-state index contributed by atoms with van der Waals surface area (Å²) < 4.78 is 30.3. The lowest BCUT2D eigenvalue weighted by molar-refractivity contribution is -0.311. The molecular formula is C31H41NO10.